The van der Waals surface area contributed by atoms with Crippen LogP contribution in [0.15, 0.2) is 40.3 Å². The summed E-state index contributed by atoms with van der Waals surface area (Å²) in [6.07, 6.45) is 1.76. The lowest BCUT2D eigenvalue weighted by atomic mass is 10.2. The molecule has 0 aliphatic carbocycles. The largest absolute Gasteiger partial charge is 0.459 e. The van der Waals surface area contributed by atoms with Gasteiger partial charge in [0.1, 0.15) is 23.2 Å². The summed E-state index contributed by atoms with van der Waals surface area (Å²) in [6.45, 7) is 3.66. The highest BCUT2D eigenvalue weighted by Gasteiger charge is 2.15. The van der Waals surface area contributed by atoms with Gasteiger partial charge in [-0.2, -0.15) is 5.26 Å². The lowest BCUT2D eigenvalue weighted by molar-refractivity contribution is -0.142. The van der Waals surface area contributed by atoms with Crippen molar-refractivity contribution < 1.29 is 13.9 Å². The normalized spacial score (nSPS) is 12.5. The number of hydrogen-bond donors (Lipinski definition) is 0. The number of hydrogen-bond acceptors (Lipinski definition) is 4. The van der Waals surface area contributed by atoms with Gasteiger partial charge in [-0.25, -0.2) is 4.79 Å². The number of benzene rings is 1. The van der Waals surface area contributed by atoms with E-state index >= 15 is 0 Å². The Balaban J connectivity index is 2.26. The molecule has 0 aliphatic heterocycles. The summed E-state index contributed by atoms with van der Waals surface area (Å²) in [6, 6.07) is 10.2. The fourth-order valence-corrected chi connectivity index (χ4v) is 2.37. The van der Waals surface area contributed by atoms with Gasteiger partial charge in [0.15, 0.2) is 0 Å². The van der Waals surface area contributed by atoms with Gasteiger partial charge in [0, 0.05) is 16.7 Å². The number of furan rings is 1. The molecule has 0 radical (unpaired) electrons. The average Bonchev–Trinajstić information content (AvgIpc) is 3.00. The predicted molar refractivity (Wildman–Crippen MR) is 93.6 cm³/mol. The van der Waals surface area contributed by atoms with Crippen LogP contribution < -0.4 is 0 Å². The molecule has 1 aromatic carbocycles. The van der Waals surface area contributed by atoms with Crippen LogP contribution in [0.4, 0.5) is 0 Å². The van der Waals surface area contributed by atoms with Crippen molar-refractivity contribution >= 4 is 35.2 Å². The summed E-state index contributed by atoms with van der Waals surface area (Å²) in [5.41, 5.74) is 0.541. The lowest BCUT2D eigenvalue weighted by Crippen LogP contribution is -2.15. The SMILES string of the molecule is CC[C@@H](C)OC(=O)/C(C#N)=C/c1ccc(-c2ccc(Cl)cc2Cl)o1. The van der Waals surface area contributed by atoms with Crippen LogP contribution in [0.25, 0.3) is 17.4 Å². The van der Waals surface area contributed by atoms with Crippen LogP contribution in [0, 0.1) is 11.3 Å². The third-order valence-corrected chi connectivity index (χ3v) is 3.88. The Morgan fingerprint density at radius 3 is 2.75 bits per heavy atom. The van der Waals surface area contributed by atoms with Crippen molar-refractivity contribution in [3.05, 3.63) is 51.7 Å². The molecule has 0 spiro atoms. The van der Waals surface area contributed by atoms with Crippen LogP contribution in [0.3, 0.4) is 0 Å². The molecule has 0 saturated heterocycles. The van der Waals surface area contributed by atoms with Gasteiger partial charge < -0.3 is 9.15 Å². The van der Waals surface area contributed by atoms with Crippen LogP contribution >= 0.6 is 23.2 Å². The molecule has 0 saturated carbocycles. The van der Waals surface area contributed by atoms with E-state index in [-0.39, 0.29) is 11.7 Å². The van der Waals surface area contributed by atoms with Gasteiger partial charge in [-0.3, -0.25) is 0 Å². The first-order valence-corrected chi connectivity index (χ1v) is 8.08. The third kappa shape index (κ3) is 4.41. The fraction of sp³-hybridized carbons (Fsp3) is 0.222. The Morgan fingerprint density at radius 2 is 2.12 bits per heavy atom. The number of carbonyl (C=O) groups excluding carboxylic acids is 1. The van der Waals surface area contributed by atoms with E-state index in [0.29, 0.717) is 33.6 Å². The van der Waals surface area contributed by atoms with Crippen LogP contribution in [0.1, 0.15) is 26.0 Å². The number of esters is 1. The average molecular weight is 364 g/mol. The maximum Gasteiger partial charge on any atom is 0.349 e. The van der Waals surface area contributed by atoms with Gasteiger partial charge in [0.25, 0.3) is 0 Å². The molecule has 124 valence electrons. The minimum absolute atomic E-state index is 0.126. The molecule has 0 aliphatic rings. The highest BCUT2D eigenvalue weighted by Crippen LogP contribution is 2.32. The first-order chi connectivity index (χ1) is 11.4. The Bertz CT molecular complexity index is 818. The Labute approximate surface area is 150 Å². The van der Waals surface area contributed by atoms with Crippen molar-refractivity contribution in [3.8, 4) is 17.4 Å². The van der Waals surface area contributed by atoms with Crippen molar-refractivity contribution in [2.24, 2.45) is 0 Å². The highest BCUT2D eigenvalue weighted by atomic mass is 35.5. The van der Waals surface area contributed by atoms with Gasteiger partial charge in [-0.15, -0.1) is 0 Å². The van der Waals surface area contributed by atoms with Crippen LogP contribution in [-0.4, -0.2) is 12.1 Å². The molecule has 2 aromatic rings. The maximum absolute atomic E-state index is 11.9. The van der Waals surface area contributed by atoms with Crippen molar-refractivity contribution in [2.75, 3.05) is 0 Å². The molecule has 24 heavy (non-hydrogen) atoms. The standard InChI is InChI=1S/C18H15Cl2NO3/c1-3-11(2)23-18(22)12(10-21)8-14-5-7-17(24-14)15-6-4-13(19)9-16(15)20/h4-9,11H,3H2,1-2H3/b12-8+/t11-/m1/s1. The Hall–Kier alpha value is -2.22. The Morgan fingerprint density at radius 1 is 1.38 bits per heavy atom. The fourth-order valence-electron chi connectivity index (χ4n) is 1.87. The molecule has 2 rings (SSSR count). The second kappa shape index (κ2) is 8.05. The molecule has 0 amide bonds. The van der Waals surface area contributed by atoms with Crippen molar-refractivity contribution in [3.63, 3.8) is 0 Å². The highest BCUT2D eigenvalue weighted by molar-refractivity contribution is 6.36. The molecular weight excluding hydrogens is 349 g/mol. The van der Waals surface area contributed by atoms with E-state index in [1.54, 1.807) is 37.3 Å². The van der Waals surface area contributed by atoms with Crippen molar-refractivity contribution in [1.29, 1.82) is 5.26 Å². The molecule has 0 bridgehead atoms. The summed E-state index contributed by atoms with van der Waals surface area (Å²) >= 11 is 12.0. The van der Waals surface area contributed by atoms with Crippen molar-refractivity contribution in [1.82, 2.24) is 0 Å². The second-order valence-corrected chi connectivity index (χ2v) is 5.96. The molecular formula is C18H15Cl2NO3. The minimum atomic E-state index is -0.672. The van der Waals surface area contributed by atoms with Gasteiger partial charge >= 0.3 is 5.97 Å². The summed E-state index contributed by atoms with van der Waals surface area (Å²) in [7, 11) is 0. The number of halogens is 2. The van der Waals surface area contributed by atoms with E-state index in [1.807, 2.05) is 13.0 Å². The van der Waals surface area contributed by atoms with Gasteiger partial charge in [-0.1, -0.05) is 30.1 Å². The number of carbonyl (C=O) groups is 1. The van der Waals surface area contributed by atoms with Gasteiger partial charge in [0.2, 0.25) is 0 Å². The molecule has 0 fully saturated rings. The monoisotopic (exact) mass is 363 g/mol. The smallest absolute Gasteiger partial charge is 0.349 e. The number of nitrogens with zero attached hydrogens (tertiary/aromatic N) is 1. The molecule has 0 unspecified atom stereocenters. The number of rotatable bonds is 5. The molecule has 1 atom stereocenters. The van der Waals surface area contributed by atoms with E-state index in [9.17, 15) is 4.79 Å². The van der Waals surface area contributed by atoms with E-state index < -0.39 is 5.97 Å². The zero-order valence-corrected chi connectivity index (χ0v) is 14.7. The first-order valence-electron chi connectivity index (χ1n) is 7.32. The Kier molecular flexibility index (Phi) is 6.08. The summed E-state index contributed by atoms with van der Waals surface area (Å²) < 4.78 is 10.8. The number of nitriles is 1. The third-order valence-electron chi connectivity index (χ3n) is 3.33. The van der Waals surface area contributed by atoms with E-state index in [2.05, 4.69) is 0 Å². The zero-order valence-electron chi connectivity index (χ0n) is 13.2. The maximum atomic E-state index is 11.9. The predicted octanol–water partition coefficient (Wildman–Crippen LogP) is 5.50. The molecule has 1 heterocycles. The first kappa shape index (κ1) is 18.1. The topological polar surface area (TPSA) is 63.2 Å². The van der Waals surface area contributed by atoms with E-state index in [4.69, 9.17) is 37.6 Å². The minimum Gasteiger partial charge on any atom is -0.459 e. The summed E-state index contributed by atoms with van der Waals surface area (Å²) in [4.78, 5) is 11.9. The zero-order chi connectivity index (χ0) is 17.7. The molecule has 0 N–H and O–H groups in total. The van der Waals surface area contributed by atoms with Crippen LogP contribution in [0.2, 0.25) is 10.0 Å². The molecule has 6 heteroatoms. The molecule has 4 nitrogen and oxygen atoms in total. The van der Waals surface area contributed by atoms with Crippen molar-refractivity contribution in [2.45, 2.75) is 26.4 Å². The lowest BCUT2D eigenvalue weighted by Gasteiger charge is -2.09. The van der Waals surface area contributed by atoms with Crippen LogP contribution in [-0.2, 0) is 9.53 Å². The molecule has 1 aromatic heterocycles. The van der Waals surface area contributed by atoms with E-state index in [1.165, 1.54) is 6.08 Å². The second-order valence-electron chi connectivity index (χ2n) is 5.12. The quantitative estimate of drug-likeness (QED) is 0.399. The van der Waals surface area contributed by atoms with Gasteiger partial charge in [0.05, 0.1) is 11.1 Å². The summed E-state index contributed by atoms with van der Waals surface area (Å²) in [5.74, 6) is 0.193. The number of ether oxygens (including phenoxy) is 1. The van der Waals surface area contributed by atoms with Gasteiger partial charge in [-0.05, 0) is 43.7 Å². The summed E-state index contributed by atoms with van der Waals surface area (Å²) in [5, 5.41) is 10.1. The van der Waals surface area contributed by atoms with Crippen LogP contribution in [0.5, 0.6) is 0 Å². The van der Waals surface area contributed by atoms with E-state index in [0.717, 1.165) is 0 Å².